The zero-order valence-corrected chi connectivity index (χ0v) is 13.5. The molecule has 106 valence electrons. The average Bonchev–Trinajstić information content (AvgIpc) is 2.77. The van der Waals surface area contributed by atoms with Crippen LogP contribution < -0.4 is 0 Å². The van der Waals surface area contributed by atoms with Crippen LogP contribution in [0.15, 0.2) is 22.7 Å². The Balaban J connectivity index is 2.02. The van der Waals surface area contributed by atoms with E-state index in [0.717, 1.165) is 22.5 Å². The molecule has 4 heteroatoms. The van der Waals surface area contributed by atoms with Crippen LogP contribution in [0.5, 0.6) is 5.75 Å². The van der Waals surface area contributed by atoms with E-state index in [1.165, 1.54) is 19.5 Å². The standard InChI is InChI=1S/C15H23BrN2O/c1-11(14-8-13(16)4-5-15(14)19)18(3)10-12-6-7-17(2)9-12/h4-5,8,11-12,19H,6-7,9-10H2,1-3H3. The van der Waals surface area contributed by atoms with Gasteiger partial charge in [0, 0.05) is 29.2 Å². The first-order valence-electron chi connectivity index (χ1n) is 6.84. The van der Waals surface area contributed by atoms with Crippen LogP contribution in [0.3, 0.4) is 0 Å². The molecule has 0 spiro atoms. The Morgan fingerprint density at radius 2 is 2.26 bits per heavy atom. The number of phenolic OH excluding ortho intramolecular Hbond substituents is 1. The molecule has 2 atom stereocenters. The van der Waals surface area contributed by atoms with E-state index in [4.69, 9.17) is 0 Å². The summed E-state index contributed by atoms with van der Waals surface area (Å²) in [6.07, 6.45) is 1.28. The maximum absolute atomic E-state index is 10.0. The summed E-state index contributed by atoms with van der Waals surface area (Å²) in [5.41, 5.74) is 0.989. The Morgan fingerprint density at radius 3 is 2.89 bits per heavy atom. The van der Waals surface area contributed by atoms with E-state index in [9.17, 15) is 5.11 Å². The summed E-state index contributed by atoms with van der Waals surface area (Å²) in [5.74, 6) is 1.12. The Bertz CT molecular complexity index is 438. The molecule has 2 rings (SSSR count). The predicted octanol–water partition coefficient (Wildman–Crippen LogP) is 3.10. The van der Waals surface area contributed by atoms with Crippen LogP contribution in [-0.2, 0) is 0 Å². The highest BCUT2D eigenvalue weighted by Gasteiger charge is 2.23. The first kappa shape index (κ1) is 14.8. The lowest BCUT2D eigenvalue weighted by Gasteiger charge is -2.28. The van der Waals surface area contributed by atoms with Crippen molar-refractivity contribution in [3.63, 3.8) is 0 Å². The Labute approximate surface area is 124 Å². The molecule has 1 N–H and O–H groups in total. The van der Waals surface area contributed by atoms with Gasteiger partial charge < -0.3 is 10.0 Å². The molecule has 0 aromatic heterocycles. The van der Waals surface area contributed by atoms with Gasteiger partial charge in [-0.25, -0.2) is 0 Å². The Morgan fingerprint density at radius 1 is 1.53 bits per heavy atom. The number of likely N-dealkylation sites (tertiary alicyclic amines) is 1. The van der Waals surface area contributed by atoms with Crippen LogP contribution in [0, 0.1) is 5.92 Å². The molecule has 0 radical (unpaired) electrons. The topological polar surface area (TPSA) is 26.7 Å². The number of hydrogen-bond acceptors (Lipinski definition) is 3. The van der Waals surface area contributed by atoms with E-state index in [0.29, 0.717) is 5.75 Å². The van der Waals surface area contributed by atoms with E-state index in [-0.39, 0.29) is 6.04 Å². The predicted molar refractivity (Wildman–Crippen MR) is 82.5 cm³/mol. The zero-order valence-electron chi connectivity index (χ0n) is 11.9. The van der Waals surface area contributed by atoms with E-state index in [2.05, 4.69) is 46.7 Å². The van der Waals surface area contributed by atoms with Crippen molar-refractivity contribution >= 4 is 15.9 Å². The van der Waals surface area contributed by atoms with Gasteiger partial charge in [0.25, 0.3) is 0 Å². The summed E-state index contributed by atoms with van der Waals surface area (Å²) in [6, 6.07) is 5.87. The number of phenols is 1. The van der Waals surface area contributed by atoms with Gasteiger partial charge in [-0.1, -0.05) is 15.9 Å². The number of rotatable bonds is 4. The van der Waals surface area contributed by atoms with Gasteiger partial charge in [-0.2, -0.15) is 0 Å². The van der Waals surface area contributed by atoms with Crippen molar-refractivity contribution in [1.82, 2.24) is 9.80 Å². The van der Waals surface area contributed by atoms with Crippen LogP contribution in [0.2, 0.25) is 0 Å². The molecule has 0 bridgehead atoms. The van der Waals surface area contributed by atoms with Crippen LogP contribution in [0.4, 0.5) is 0 Å². The van der Waals surface area contributed by atoms with Crippen molar-refractivity contribution in [3.05, 3.63) is 28.2 Å². The van der Waals surface area contributed by atoms with Crippen molar-refractivity contribution in [2.24, 2.45) is 5.92 Å². The molecule has 0 amide bonds. The van der Waals surface area contributed by atoms with Crippen LogP contribution in [-0.4, -0.2) is 48.6 Å². The van der Waals surface area contributed by atoms with Crippen LogP contribution >= 0.6 is 15.9 Å². The van der Waals surface area contributed by atoms with Crippen molar-refractivity contribution in [3.8, 4) is 5.75 Å². The van der Waals surface area contributed by atoms with Gasteiger partial charge in [0.2, 0.25) is 0 Å². The zero-order chi connectivity index (χ0) is 14.0. The van der Waals surface area contributed by atoms with Gasteiger partial charge >= 0.3 is 0 Å². The van der Waals surface area contributed by atoms with Gasteiger partial charge in [0.05, 0.1) is 0 Å². The van der Waals surface area contributed by atoms with Gasteiger partial charge in [0.1, 0.15) is 5.75 Å². The SMILES string of the molecule is CC(c1cc(Br)ccc1O)N(C)CC1CCN(C)C1. The monoisotopic (exact) mass is 326 g/mol. The fraction of sp³-hybridized carbons (Fsp3) is 0.600. The van der Waals surface area contributed by atoms with Crippen molar-refractivity contribution < 1.29 is 5.11 Å². The third kappa shape index (κ3) is 3.71. The highest BCUT2D eigenvalue weighted by atomic mass is 79.9. The Kier molecular flexibility index (Phi) is 4.87. The first-order valence-corrected chi connectivity index (χ1v) is 7.64. The molecule has 19 heavy (non-hydrogen) atoms. The lowest BCUT2D eigenvalue weighted by atomic mass is 10.0. The minimum absolute atomic E-state index is 0.225. The minimum atomic E-state index is 0.225. The smallest absolute Gasteiger partial charge is 0.120 e. The summed E-state index contributed by atoms with van der Waals surface area (Å²) in [4.78, 5) is 4.73. The number of benzene rings is 1. The fourth-order valence-corrected chi connectivity index (χ4v) is 3.22. The molecule has 1 saturated heterocycles. The second-order valence-electron chi connectivity index (χ2n) is 5.74. The van der Waals surface area contributed by atoms with Crippen molar-refractivity contribution in [2.75, 3.05) is 33.7 Å². The molecular formula is C15H23BrN2O. The Hall–Kier alpha value is -0.580. The van der Waals surface area contributed by atoms with Gasteiger partial charge in [-0.05, 0) is 58.1 Å². The molecule has 1 heterocycles. The second-order valence-corrected chi connectivity index (χ2v) is 6.65. The molecule has 3 nitrogen and oxygen atoms in total. The lowest BCUT2D eigenvalue weighted by molar-refractivity contribution is 0.216. The van der Waals surface area contributed by atoms with Crippen molar-refractivity contribution in [2.45, 2.75) is 19.4 Å². The maximum atomic E-state index is 10.0. The normalized spacial score (nSPS) is 22.1. The molecule has 1 aliphatic heterocycles. The highest BCUT2D eigenvalue weighted by molar-refractivity contribution is 9.10. The van der Waals surface area contributed by atoms with Gasteiger partial charge in [0.15, 0.2) is 0 Å². The summed E-state index contributed by atoms with van der Waals surface area (Å²) in [6.45, 7) is 5.62. The summed E-state index contributed by atoms with van der Waals surface area (Å²) >= 11 is 3.47. The summed E-state index contributed by atoms with van der Waals surface area (Å²) < 4.78 is 1.01. The molecule has 1 aliphatic rings. The molecule has 1 fully saturated rings. The van der Waals surface area contributed by atoms with Crippen molar-refractivity contribution in [1.29, 1.82) is 0 Å². The minimum Gasteiger partial charge on any atom is -0.508 e. The first-order chi connectivity index (χ1) is 8.97. The summed E-state index contributed by atoms with van der Waals surface area (Å²) in [5, 5.41) is 10.0. The number of aromatic hydroxyl groups is 1. The van der Waals surface area contributed by atoms with E-state index < -0.39 is 0 Å². The van der Waals surface area contributed by atoms with Crippen LogP contribution in [0.1, 0.15) is 24.9 Å². The molecule has 1 aromatic carbocycles. The van der Waals surface area contributed by atoms with Crippen LogP contribution in [0.25, 0.3) is 0 Å². The van der Waals surface area contributed by atoms with E-state index in [1.807, 2.05) is 12.1 Å². The quantitative estimate of drug-likeness (QED) is 0.921. The molecule has 2 unspecified atom stereocenters. The third-order valence-corrected chi connectivity index (χ3v) is 4.63. The lowest BCUT2D eigenvalue weighted by Crippen LogP contribution is -2.29. The maximum Gasteiger partial charge on any atom is 0.120 e. The van der Waals surface area contributed by atoms with Gasteiger partial charge in [-0.15, -0.1) is 0 Å². The van der Waals surface area contributed by atoms with Gasteiger partial charge in [-0.3, -0.25) is 4.90 Å². The fourth-order valence-electron chi connectivity index (χ4n) is 2.84. The third-order valence-electron chi connectivity index (χ3n) is 4.14. The molecule has 0 saturated carbocycles. The molecule has 1 aromatic rings. The number of hydrogen-bond donors (Lipinski definition) is 1. The molecule has 0 aliphatic carbocycles. The molecular weight excluding hydrogens is 304 g/mol. The second kappa shape index (κ2) is 6.25. The van der Waals surface area contributed by atoms with E-state index in [1.54, 1.807) is 6.07 Å². The largest absolute Gasteiger partial charge is 0.508 e. The highest BCUT2D eigenvalue weighted by Crippen LogP contribution is 2.31. The number of halogens is 1. The summed E-state index contributed by atoms with van der Waals surface area (Å²) in [7, 11) is 4.33. The number of nitrogens with zero attached hydrogens (tertiary/aromatic N) is 2. The average molecular weight is 327 g/mol. The van der Waals surface area contributed by atoms with E-state index >= 15 is 0 Å².